The van der Waals surface area contributed by atoms with Gasteiger partial charge in [0.05, 0.1) is 14.2 Å². The highest BCUT2D eigenvalue weighted by atomic mass is 32.2. The fraction of sp³-hybridized carbons (Fsp3) is 0.0968. The molecule has 0 aromatic heterocycles. The zero-order valence-corrected chi connectivity index (χ0v) is 22.7. The van der Waals surface area contributed by atoms with Crippen LogP contribution in [0.2, 0.25) is 0 Å². The minimum atomic E-state index is -3.83. The summed E-state index contributed by atoms with van der Waals surface area (Å²) in [7, 11) is -0.638. The van der Waals surface area contributed by atoms with E-state index in [1.165, 1.54) is 6.08 Å². The van der Waals surface area contributed by atoms with Crippen LogP contribution in [0.3, 0.4) is 0 Å². The third-order valence-corrected chi connectivity index (χ3v) is 7.59. The van der Waals surface area contributed by atoms with Gasteiger partial charge in [-0.25, -0.2) is 4.79 Å². The maximum absolute atomic E-state index is 12.8. The van der Waals surface area contributed by atoms with E-state index in [2.05, 4.69) is 4.40 Å². The first-order chi connectivity index (χ1) is 19.4. The van der Waals surface area contributed by atoms with Gasteiger partial charge in [0.25, 0.3) is 10.0 Å². The van der Waals surface area contributed by atoms with Crippen molar-refractivity contribution in [3.63, 3.8) is 0 Å². The number of fused-ring (bicyclic) bond motifs is 1. The third kappa shape index (κ3) is 5.89. The van der Waals surface area contributed by atoms with Gasteiger partial charge in [0.15, 0.2) is 5.84 Å². The molecule has 9 heteroatoms. The summed E-state index contributed by atoms with van der Waals surface area (Å²) >= 11 is 0. The lowest BCUT2D eigenvalue weighted by molar-refractivity contribution is -0.128. The average Bonchev–Trinajstić information content (AvgIpc) is 3.26. The van der Waals surface area contributed by atoms with Crippen LogP contribution in [0.4, 0.5) is 5.69 Å². The number of nitrogens with zero attached hydrogens (tertiary/aromatic N) is 2. The molecule has 0 fully saturated rings. The number of carbonyl (C=O) groups excluding carboxylic acids is 1. The van der Waals surface area contributed by atoms with Crippen LogP contribution < -0.4 is 19.1 Å². The molecule has 0 bridgehead atoms. The van der Waals surface area contributed by atoms with Gasteiger partial charge in [0.2, 0.25) is 0 Å². The van der Waals surface area contributed by atoms with Gasteiger partial charge in [0.1, 0.15) is 22.1 Å². The Bertz CT molecular complexity index is 1680. The first-order valence-corrected chi connectivity index (χ1v) is 13.8. The fourth-order valence-corrected chi connectivity index (χ4v) is 5.42. The van der Waals surface area contributed by atoms with Crippen molar-refractivity contribution in [1.82, 2.24) is 0 Å². The molecule has 1 aliphatic rings. The number of amidine groups is 1. The van der Waals surface area contributed by atoms with Crippen molar-refractivity contribution < 1.29 is 27.4 Å². The second-order valence-electron chi connectivity index (χ2n) is 8.84. The Labute approximate surface area is 232 Å². The van der Waals surface area contributed by atoms with E-state index in [4.69, 9.17) is 14.2 Å². The molecule has 40 heavy (non-hydrogen) atoms. The summed E-state index contributed by atoms with van der Waals surface area (Å²) in [6, 6.07) is 28.4. The summed E-state index contributed by atoms with van der Waals surface area (Å²) in [5, 5.41) is 0. The topological polar surface area (TPSA) is 94.5 Å². The van der Waals surface area contributed by atoms with E-state index in [1.807, 2.05) is 41.3 Å². The second-order valence-corrected chi connectivity index (χ2v) is 10.4. The van der Waals surface area contributed by atoms with Crippen LogP contribution in [0.15, 0.2) is 112 Å². The maximum Gasteiger partial charge on any atom is 0.336 e. The van der Waals surface area contributed by atoms with Gasteiger partial charge in [-0.05, 0) is 77.9 Å². The van der Waals surface area contributed by atoms with E-state index in [0.717, 1.165) is 16.9 Å². The van der Waals surface area contributed by atoms with Gasteiger partial charge in [0, 0.05) is 23.9 Å². The highest BCUT2D eigenvalue weighted by Gasteiger charge is 2.32. The average molecular weight is 555 g/mol. The van der Waals surface area contributed by atoms with E-state index in [0.29, 0.717) is 35.1 Å². The van der Waals surface area contributed by atoms with Gasteiger partial charge in [-0.3, -0.25) is 0 Å². The number of anilines is 1. The Morgan fingerprint density at radius 3 is 2.05 bits per heavy atom. The van der Waals surface area contributed by atoms with Gasteiger partial charge < -0.3 is 19.1 Å². The number of hydrogen-bond donors (Lipinski definition) is 0. The van der Waals surface area contributed by atoms with Crippen LogP contribution in [0.5, 0.6) is 17.2 Å². The molecule has 0 saturated carbocycles. The zero-order valence-electron chi connectivity index (χ0n) is 21.9. The molecule has 0 aliphatic carbocycles. The van der Waals surface area contributed by atoms with E-state index in [1.54, 1.807) is 81.0 Å². The standard InChI is InChI=1S/C31H26N2O6S/c1-37-25-14-7-22(8-15-25)11-20-30(34)39-27-18-12-24(13-19-27)33(21-23-9-16-26(38-2)17-10-23)31-28-5-3-4-6-29(28)40(35,36)32-31/h3-20H,21H2,1-2H3. The van der Waals surface area contributed by atoms with E-state index < -0.39 is 16.0 Å². The number of esters is 1. The molecule has 0 saturated heterocycles. The number of rotatable bonds is 8. The summed E-state index contributed by atoms with van der Waals surface area (Å²) in [6.07, 6.45) is 3.00. The highest BCUT2D eigenvalue weighted by molar-refractivity contribution is 7.90. The maximum atomic E-state index is 12.8. The van der Waals surface area contributed by atoms with E-state index in [-0.39, 0.29) is 4.90 Å². The van der Waals surface area contributed by atoms with Crippen LogP contribution in [0, 0.1) is 0 Å². The molecular weight excluding hydrogens is 528 g/mol. The molecular formula is C31H26N2O6S. The smallest absolute Gasteiger partial charge is 0.336 e. The zero-order chi connectivity index (χ0) is 28.1. The Kier molecular flexibility index (Phi) is 7.65. The lowest BCUT2D eigenvalue weighted by atomic mass is 10.1. The fourth-order valence-electron chi connectivity index (χ4n) is 4.21. The molecule has 0 atom stereocenters. The highest BCUT2D eigenvalue weighted by Crippen LogP contribution is 2.32. The van der Waals surface area contributed by atoms with Crippen LogP contribution >= 0.6 is 0 Å². The molecule has 0 spiro atoms. The van der Waals surface area contributed by atoms with Crippen LogP contribution in [0.25, 0.3) is 6.08 Å². The number of hydrogen-bond acceptors (Lipinski definition) is 7. The predicted octanol–water partition coefficient (Wildman–Crippen LogP) is 5.48. The van der Waals surface area contributed by atoms with Crippen LogP contribution in [-0.4, -0.2) is 34.4 Å². The lowest BCUT2D eigenvalue weighted by Crippen LogP contribution is -2.30. The van der Waals surface area contributed by atoms with Gasteiger partial charge in [-0.15, -0.1) is 4.40 Å². The van der Waals surface area contributed by atoms with Crippen LogP contribution in [0.1, 0.15) is 16.7 Å². The number of benzene rings is 4. The Morgan fingerprint density at radius 2 is 1.40 bits per heavy atom. The van der Waals surface area contributed by atoms with Gasteiger partial charge in [-0.1, -0.05) is 36.4 Å². The first-order valence-electron chi connectivity index (χ1n) is 12.3. The van der Waals surface area contributed by atoms with Crippen molar-refractivity contribution in [2.24, 2.45) is 4.40 Å². The SMILES string of the molecule is COc1ccc(C=CC(=O)Oc2ccc(N(Cc3ccc(OC)cc3)C3=NS(=O)(=O)c4ccccc43)cc2)cc1. The molecule has 1 heterocycles. The summed E-state index contributed by atoms with van der Waals surface area (Å²) in [4.78, 5) is 14.4. The van der Waals surface area contributed by atoms with E-state index >= 15 is 0 Å². The molecule has 0 unspecified atom stereocenters. The molecule has 1 aliphatic heterocycles. The molecule has 8 nitrogen and oxygen atoms in total. The number of methoxy groups -OCH3 is 2. The first kappa shape index (κ1) is 26.7. The Balaban J connectivity index is 1.39. The van der Waals surface area contributed by atoms with Crippen molar-refractivity contribution in [3.8, 4) is 17.2 Å². The Morgan fingerprint density at radius 1 is 0.800 bits per heavy atom. The van der Waals surface area contributed by atoms with Gasteiger partial charge in [-0.2, -0.15) is 8.42 Å². The van der Waals surface area contributed by atoms with E-state index in [9.17, 15) is 13.2 Å². The molecule has 0 amide bonds. The molecule has 4 aromatic carbocycles. The lowest BCUT2D eigenvalue weighted by Gasteiger charge is -2.25. The molecule has 0 N–H and O–H groups in total. The molecule has 5 rings (SSSR count). The summed E-state index contributed by atoms with van der Waals surface area (Å²) < 4.78 is 45.6. The largest absolute Gasteiger partial charge is 0.497 e. The van der Waals surface area contributed by atoms with Crippen molar-refractivity contribution in [3.05, 3.63) is 120 Å². The summed E-state index contributed by atoms with van der Waals surface area (Å²) in [6.45, 7) is 0.344. The van der Waals surface area contributed by atoms with Crippen molar-refractivity contribution in [2.45, 2.75) is 11.4 Å². The third-order valence-electron chi connectivity index (χ3n) is 6.26. The van der Waals surface area contributed by atoms with Crippen LogP contribution in [-0.2, 0) is 21.4 Å². The number of sulfonamides is 1. The molecule has 4 aromatic rings. The molecule has 202 valence electrons. The summed E-state index contributed by atoms with van der Waals surface area (Å²) in [5.41, 5.74) is 2.95. The monoisotopic (exact) mass is 554 g/mol. The number of ether oxygens (including phenoxy) is 3. The minimum Gasteiger partial charge on any atom is -0.497 e. The minimum absolute atomic E-state index is 0.166. The van der Waals surface area contributed by atoms with Crippen molar-refractivity contribution >= 4 is 33.6 Å². The predicted molar refractivity (Wildman–Crippen MR) is 153 cm³/mol. The normalized spacial score (nSPS) is 13.4. The number of carbonyl (C=O) groups is 1. The van der Waals surface area contributed by atoms with Gasteiger partial charge >= 0.3 is 5.97 Å². The van der Waals surface area contributed by atoms with Crippen molar-refractivity contribution in [2.75, 3.05) is 19.1 Å². The van der Waals surface area contributed by atoms with Crippen molar-refractivity contribution in [1.29, 1.82) is 0 Å². The summed E-state index contributed by atoms with van der Waals surface area (Å²) in [5.74, 6) is 1.58. The molecule has 0 radical (unpaired) electrons. The quantitative estimate of drug-likeness (QED) is 0.162. The Hall–Kier alpha value is -4.89. The second kappa shape index (κ2) is 11.5.